The van der Waals surface area contributed by atoms with E-state index in [2.05, 4.69) is 9.82 Å². The third-order valence-corrected chi connectivity index (χ3v) is 2.25. The van der Waals surface area contributed by atoms with Crippen molar-refractivity contribution in [2.24, 2.45) is 5.90 Å². The molecule has 1 aromatic heterocycles. The van der Waals surface area contributed by atoms with Crippen molar-refractivity contribution in [3.63, 3.8) is 0 Å². The topological polar surface area (TPSA) is 48.1 Å². The third kappa shape index (κ3) is 2.40. The van der Waals surface area contributed by atoms with Crippen molar-refractivity contribution < 1.29 is 4.84 Å². The molecule has 3 nitrogen and oxygen atoms in total. The van der Waals surface area contributed by atoms with Crippen molar-refractivity contribution in [1.82, 2.24) is 4.98 Å². The van der Waals surface area contributed by atoms with Gasteiger partial charge in [-0.3, -0.25) is 4.98 Å². The van der Waals surface area contributed by atoms with Crippen LogP contribution in [0.5, 0.6) is 0 Å². The van der Waals surface area contributed by atoms with Gasteiger partial charge in [0.2, 0.25) is 0 Å². The van der Waals surface area contributed by atoms with E-state index < -0.39 is 0 Å². The number of rotatable bonds is 3. The maximum atomic E-state index is 5.99. The van der Waals surface area contributed by atoms with E-state index in [1.807, 2.05) is 19.9 Å². The minimum Gasteiger partial charge on any atom is -0.304 e. The van der Waals surface area contributed by atoms with Gasteiger partial charge in [-0.2, -0.15) is 0 Å². The summed E-state index contributed by atoms with van der Waals surface area (Å²) >= 11 is 5.99. The first-order valence-corrected chi connectivity index (χ1v) is 4.37. The molecule has 1 rings (SSSR count). The van der Waals surface area contributed by atoms with E-state index in [1.165, 1.54) is 0 Å². The highest BCUT2D eigenvalue weighted by Gasteiger charge is 2.23. The average molecular weight is 201 g/mol. The predicted octanol–water partition coefficient (Wildman–Crippen LogP) is 1.90. The van der Waals surface area contributed by atoms with Crippen LogP contribution in [0, 0.1) is 0 Å². The number of halogens is 1. The maximum absolute atomic E-state index is 5.99. The third-order valence-electron chi connectivity index (χ3n) is 1.95. The van der Waals surface area contributed by atoms with Gasteiger partial charge in [-0.25, -0.2) is 5.90 Å². The predicted molar refractivity (Wildman–Crippen MR) is 52.4 cm³/mol. The molecule has 0 fully saturated rings. The summed E-state index contributed by atoms with van der Waals surface area (Å²) in [6.45, 7) is 4.46. The zero-order chi connectivity index (χ0) is 9.90. The van der Waals surface area contributed by atoms with Crippen LogP contribution in [-0.2, 0) is 10.3 Å². The number of pyridine rings is 1. The normalized spacial score (nSPS) is 11.7. The molecule has 0 saturated heterocycles. The molecule has 0 amide bonds. The lowest BCUT2D eigenvalue weighted by molar-refractivity contribution is 0.0964. The largest absolute Gasteiger partial charge is 0.304 e. The smallest absolute Gasteiger partial charge is 0.0771 e. The summed E-state index contributed by atoms with van der Waals surface area (Å²) in [4.78, 5) is 8.55. The Morgan fingerprint density at radius 2 is 2.31 bits per heavy atom. The monoisotopic (exact) mass is 200 g/mol. The minimum atomic E-state index is -0.186. The van der Waals surface area contributed by atoms with E-state index in [-0.39, 0.29) is 5.41 Å². The summed E-state index contributed by atoms with van der Waals surface area (Å²) in [6.07, 6.45) is 3.33. The van der Waals surface area contributed by atoms with Gasteiger partial charge in [0.1, 0.15) is 0 Å². The van der Waals surface area contributed by atoms with Crippen molar-refractivity contribution in [1.29, 1.82) is 0 Å². The fourth-order valence-electron chi connectivity index (χ4n) is 1.21. The molecule has 2 N–H and O–H groups in total. The molecule has 0 spiro atoms. The molecule has 1 aromatic rings. The van der Waals surface area contributed by atoms with Crippen LogP contribution in [-0.4, -0.2) is 11.6 Å². The van der Waals surface area contributed by atoms with E-state index in [0.717, 1.165) is 5.56 Å². The maximum Gasteiger partial charge on any atom is 0.0771 e. The Hall–Kier alpha value is -0.640. The quantitative estimate of drug-likeness (QED) is 0.759. The van der Waals surface area contributed by atoms with Crippen molar-refractivity contribution in [2.45, 2.75) is 19.3 Å². The van der Waals surface area contributed by atoms with Crippen molar-refractivity contribution in [2.75, 3.05) is 6.61 Å². The zero-order valence-corrected chi connectivity index (χ0v) is 8.51. The van der Waals surface area contributed by atoms with E-state index in [9.17, 15) is 0 Å². The van der Waals surface area contributed by atoms with Gasteiger partial charge in [0.15, 0.2) is 0 Å². The van der Waals surface area contributed by atoms with Crippen molar-refractivity contribution in [3.05, 3.63) is 29.0 Å². The summed E-state index contributed by atoms with van der Waals surface area (Å²) in [5.41, 5.74) is 0.809. The molecule has 0 saturated carbocycles. The van der Waals surface area contributed by atoms with Crippen LogP contribution in [0.15, 0.2) is 18.5 Å². The number of aromatic nitrogens is 1. The van der Waals surface area contributed by atoms with Crippen LogP contribution in [0.3, 0.4) is 0 Å². The Morgan fingerprint density at radius 3 is 2.85 bits per heavy atom. The molecule has 0 aliphatic heterocycles. The van der Waals surface area contributed by atoms with Crippen LogP contribution in [0.1, 0.15) is 19.4 Å². The molecule has 4 heteroatoms. The first-order chi connectivity index (χ1) is 6.08. The summed E-state index contributed by atoms with van der Waals surface area (Å²) in [5.74, 6) is 5.04. The van der Waals surface area contributed by atoms with Gasteiger partial charge < -0.3 is 4.84 Å². The van der Waals surface area contributed by atoms with Gasteiger partial charge in [0.25, 0.3) is 0 Å². The van der Waals surface area contributed by atoms with E-state index in [4.69, 9.17) is 17.5 Å². The first kappa shape index (κ1) is 10.4. The summed E-state index contributed by atoms with van der Waals surface area (Å²) < 4.78 is 0. The lowest BCUT2D eigenvalue weighted by atomic mass is 9.86. The highest BCUT2D eigenvalue weighted by molar-refractivity contribution is 6.31. The number of hydrogen-bond acceptors (Lipinski definition) is 3. The van der Waals surface area contributed by atoms with Crippen molar-refractivity contribution in [3.8, 4) is 0 Å². The Bertz CT molecular complexity index is 289. The van der Waals surface area contributed by atoms with E-state index in [1.54, 1.807) is 12.4 Å². The summed E-state index contributed by atoms with van der Waals surface area (Å²) in [5, 5.41) is 0.643. The van der Waals surface area contributed by atoms with Crippen LogP contribution in [0.25, 0.3) is 0 Å². The Morgan fingerprint density at radius 1 is 1.62 bits per heavy atom. The second kappa shape index (κ2) is 4.05. The van der Waals surface area contributed by atoms with E-state index >= 15 is 0 Å². The summed E-state index contributed by atoms with van der Waals surface area (Å²) in [7, 11) is 0. The van der Waals surface area contributed by atoms with Gasteiger partial charge >= 0.3 is 0 Å². The highest BCUT2D eigenvalue weighted by Crippen LogP contribution is 2.28. The highest BCUT2D eigenvalue weighted by atomic mass is 35.5. The van der Waals surface area contributed by atoms with Gasteiger partial charge in [-0.15, -0.1) is 0 Å². The fraction of sp³-hybridized carbons (Fsp3) is 0.444. The molecule has 0 unspecified atom stereocenters. The molecular weight excluding hydrogens is 188 g/mol. The Labute approximate surface area is 82.8 Å². The van der Waals surface area contributed by atoms with Gasteiger partial charge in [-0.1, -0.05) is 25.4 Å². The second-order valence-corrected chi connectivity index (χ2v) is 3.96. The van der Waals surface area contributed by atoms with Crippen molar-refractivity contribution >= 4 is 11.6 Å². The number of hydrogen-bond donors (Lipinski definition) is 1. The zero-order valence-electron chi connectivity index (χ0n) is 7.75. The summed E-state index contributed by atoms with van der Waals surface area (Å²) in [6, 6.07) is 1.88. The van der Waals surface area contributed by atoms with Crippen LogP contribution in [0.4, 0.5) is 0 Å². The molecular formula is C9H13ClN2O. The average Bonchev–Trinajstić information content (AvgIpc) is 2.04. The molecule has 1 heterocycles. The second-order valence-electron chi connectivity index (χ2n) is 3.55. The molecule has 0 bridgehead atoms. The van der Waals surface area contributed by atoms with Crippen LogP contribution in [0.2, 0.25) is 5.02 Å². The molecule has 0 aliphatic rings. The SMILES string of the molecule is CC(C)(CON)c1ccncc1Cl. The molecule has 13 heavy (non-hydrogen) atoms. The van der Waals surface area contributed by atoms with Gasteiger partial charge in [-0.05, 0) is 11.6 Å². The van der Waals surface area contributed by atoms with E-state index in [0.29, 0.717) is 11.6 Å². The van der Waals surface area contributed by atoms with Crippen LogP contribution < -0.4 is 5.90 Å². The van der Waals surface area contributed by atoms with Crippen LogP contribution >= 0.6 is 11.6 Å². The molecule has 0 radical (unpaired) electrons. The molecule has 0 atom stereocenters. The van der Waals surface area contributed by atoms with Gasteiger partial charge in [0.05, 0.1) is 11.6 Å². The Balaban J connectivity index is 2.99. The number of nitrogens with two attached hydrogens (primary N) is 1. The standard InChI is InChI=1S/C9H13ClN2O/c1-9(2,6-13-11)7-3-4-12-5-8(7)10/h3-5H,6,11H2,1-2H3. The first-order valence-electron chi connectivity index (χ1n) is 3.99. The molecule has 0 aromatic carbocycles. The molecule has 0 aliphatic carbocycles. The fourth-order valence-corrected chi connectivity index (χ4v) is 1.59. The Kier molecular flexibility index (Phi) is 3.25. The lowest BCUT2D eigenvalue weighted by Crippen LogP contribution is -2.26. The molecule has 72 valence electrons. The lowest BCUT2D eigenvalue weighted by Gasteiger charge is -2.24. The minimum absolute atomic E-state index is 0.186. The number of nitrogens with zero attached hydrogens (tertiary/aromatic N) is 1. The van der Waals surface area contributed by atoms with Gasteiger partial charge in [0, 0.05) is 17.8 Å².